The molecule has 0 aliphatic carbocycles. The maximum absolute atomic E-state index is 9.54. The molecule has 0 saturated carbocycles. The molecule has 0 saturated heterocycles. The molecule has 0 atom stereocenters. The molecule has 0 fully saturated rings. The summed E-state index contributed by atoms with van der Waals surface area (Å²) in [5.41, 5.74) is 0. The first kappa shape index (κ1) is 23.9. The van der Waals surface area contributed by atoms with E-state index < -0.39 is 23.7 Å². The van der Waals surface area contributed by atoms with E-state index in [4.69, 9.17) is 24.9 Å². The quantitative estimate of drug-likeness (QED) is 0.380. The van der Waals surface area contributed by atoms with Crippen molar-refractivity contribution in [2.24, 2.45) is 0 Å². The van der Waals surface area contributed by atoms with E-state index >= 15 is 0 Å². The molecule has 0 radical (unpaired) electrons. The van der Waals surface area contributed by atoms with Gasteiger partial charge in [-0.25, -0.2) is 4.79 Å². The van der Waals surface area contributed by atoms with Gasteiger partial charge < -0.3 is 24.9 Å². The zero-order valence-electron chi connectivity index (χ0n) is 8.60. The van der Waals surface area contributed by atoms with Crippen LogP contribution in [-0.2, 0) is 19.2 Å². The summed E-state index contributed by atoms with van der Waals surface area (Å²) < 4.78 is 0. The summed E-state index contributed by atoms with van der Waals surface area (Å²) >= 11 is 0. The van der Waals surface area contributed by atoms with Crippen LogP contribution in [0.4, 0.5) is 0 Å². The first-order chi connectivity index (χ1) is 6.11. The van der Waals surface area contributed by atoms with Gasteiger partial charge in [-0.15, -0.1) is 0 Å². The number of hydrogen-bond donors (Lipinski definition) is 1. The average molecular weight is 246 g/mol. The molecule has 0 rings (SSSR count). The number of carboxylic acid groups (broad SMARTS) is 3. The van der Waals surface area contributed by atoms with Crippen molar-refractivity contribution in [3.63, 3.8) is 0 Å². The van der Waals surface area contributed by atoms with Gasteiger partial charge in [0.2, 0.25) is 5.78 Å². The van der Waals surface area contributed by atoms with Crippen molar-refractivity contribution in [2.75, 3.05) is 0 Å². The molecule has 15 heavy (non-hydrogen) atoms. The Morgan fingerprint density at radius 2 is 0.933 bits per heavy atom. The maximum Gasteiger partial charge on any atom is 2.00 e. The number of carbonyl (C=O) groups is 4. The second-order valence-electron chi connectivity index (χ2n) is 1.84. The largest absolute Gasteiger partial charge is 2.00 e. The molecule has 0 aliphatic rings. The number of hydrogen-bond acceptors (Lipinski definition) is 6. The minimum atomic E-state index is -1.38. The molecule has 0 spiro atoms. The van der Waals surface area contributed by atoms with Gasteiger partial charge >= 0.3 is 43.7 Å². The molecule has 8 heteroatoms. The van der Waals surface area contributed by atoms with Crippen molar-refractivity contribution in [2.45, 2.75) is 20.8 Å². The third-order valence-electron chi connectivity index (χ3n) is 0.301. The predicted octanol–water partition coefficient (Wildman–Crippen LogP) is -3.21. The molecular weight excluding hydrogens is 236 g/mol. The Balaban J connectivity index is -0.0000000606. The summed E-state index contributed by atoms with van der Waals surface area (Å²) in [6, 6.07) is 0. The molecule has 0 aromatic heterocycles. The number of carboxylic acids is 3. The first-order valence-corrected chi connectivity index (χ1v) is 3.20. The summed E-state index contributed by atoms with van der Waals surface area (Å²) in [6.45, 7) is 2.95. The molecule has 82 valence electrons. The van der Waals surface area contributed by atoms with Crippen molar-refractivity contribution in [3.8, 4) is 0 Å². The van der Waals surface area contributed by atoms with Crippen LogP contribution in [0.3, 0.4) is 0 Å². The van der Waals surface area contributed by atoms with Gasteiger partial charge in [0.1, 0.15) is 0 Å². The fraction of sp³-hybridized carbons (Fsp3) is 0.429. The van der Waals surface area contributed by atoms with Crippen LogP contribution in [0.5, 0.6) is 0 Å². The number of aliphatic carboxylic acids is 3. The normalized spacial score (nSPS) is 6.33. The Labute approximate surface area is 116 Å². The van der Waals surface area contributed by atoms with Crippen molar-refractivity contribution in [3.05, 3.63) is 0 Å². The van der Waals surface area contributed by atoms with E-state index in [1.165, 1.54) is 0 Å². The van der Waals surface area contributed by atoms with E-state index in [0.29, 0.717) is 0 Å². The number of carbonyl (C=O) groups excluding carboxylic acids is 3. The van der Waals surface area contributed by atoms with Crippen molar-refractivity contribution < 1.29 is 34.5 Å². The standard InChI is InChI=1S/C3H4O3.2C2H4O2.Ca/c1-2(4)3(5)6;2*1-2(3)4;/h1H3,(H,5,6);2*1H3,(H,3,4);/q;;;+2/p-2. The molecule has 7 nitrogen and oxygen atoms in total. The van der Waals surface area contributed by atoms with Gasteiger partial charge in [0.15, 0.2) is 0 Å². The fourth-order valence-corrected chi connectivity index (χ4v) is 0. The van der Waals surface area contributed by atoms with Gasteiger partial charge in [-0.05, 0) is 13.8 Å². The molecule has 1 N–H and O–H groups in total. The zero-order valence-corrected chi connectivity index (χ0v) is 10.8. The van der Waals surface area contributed by atoms with Crippen LogP contribution in [-0.4, -0.2) is 66.5 Å². The van der Waals surface area contributed by atoms with Gasteiger partial charge in [-0.3, -0.25) is 4.79 Å². The molecule has 0 unspecified atom stereocenters. The average Bonchev–Trinajstić information content (AvgIpc) is 1.83. The molecular formula is C7H10CaO7. The predicted molar refractivity (Wildman–Crippen MR) is 45.4 cm³/mol. The van der Waals surface area contributed by atoms with E-state index in [-0.39, 0.29) is 37.7 Å². The zero-order chi connectivity index (χ0) is 12.3. The summed E-state index contributed by atoms with van der Waals surface area (Å²) in [6.07, 6.45) is 0. The van der Waals surface area contributed by atoms with Crippen LogP contribution in [0.1, 0.15) is 20.8 Å². The van der Waals surface area contributed by atoms with E-state index in [0.717, 1.165) is 20.8 Å². The maximum atomic E-state index is 9.54. The molecule has 0 bridgehead atoms. The van der Waals surface area contributed by atoms with Crippen LogP contribution in [0, 0.1) is 0 Å². The van der Waals surface area contributed by atoms with Gasteiger partial charge in [0.25, 0.3) is 0 Å². The van der Waals surface area contributed by atoms with E-state index in [1.54, 1.807) is 0 Å². The Bertz CT molecular complexity index is 191. The molecule has 0 aromatic rings. The fourth-order valence-electron chi connectivity index (χ4n) is 0. The molecule has 0 amide bonds. The Hall–Kier alpha value is -0.660. The number of Topliss-reactive ketones (excluding diaryl/α,β-unsaturated/α-hetero) is 1. The third kappa shape index (κ3) is 154. The summed E-state index contributed by atoms with van der Waals surface area (Å²) in [7, 11) is 0. The first-order valence-electron chi connectivity index (χ1n) is 3.20. The summed E-state index contributed by atoms with van der Waals surface area (Å²) in [5, 5.41) is 25.4. The van der Waals surface area contributed by atoms with Crippen molar-refractivity contribution in [1.29, 1.82) is 0 Å². The smallest absolute Gasteiger partial charge is 0.550 e. The van der Waals surface area contributed by atoms with Gasteiger partial charge in [-0.2, -0.15) is 0 Å². The number of rotatable bonds is 1. The Morgan fingerprint density at radius 3 is 0.933 bits per heavy atom. The topological polar surface area (TPSA) is 135 Å². The molecule has 0 heterocycles. The van der Waals surface area contributed by atoms with E-state index in [9.17, 15) is 9.59 Å². The summed E-state index contributed by atoms with van der Waals surface area (Å²) in [5.74, 6) is -4.37. The van der Waals surface area contributed by atoms with Crippen LogP contribution >= 0.6 is 0 Å². The van der Waals surface area contributed by atoms with E-state index in [2.05, 4.69) is 0 Å². The SMILES string of the molecule is CC(=O)C(=O)O.CC(=O)[O-].CC(=O)[O-].[Ca+2]. The van der Waals surface area contributed by atoms with Crippen LogP contribution in [0.15, 0.2) is 0 Å². The third-order valence-corrected chi connectivity index (χ3v) is 0.301. The van der Waals surface area contributed by atoms with Crippen LogP contribution in [0.2, 0.25) is 0 Å². The van der Waals surface area contributed by atoms with E-state index in [1.807, 2.05) is 0 Å². The minimum Gasteiger partial charge on any atom is -0.550 e. The van der Waals surface area contributed by atoms with Crippen molar-refractivity contribution in [1.82, 2.24) is 0 Å². The second kappa shape index (κ2) is 15.8. The Morgan fingerprint density at radius 1 is 0.867 bits per heavy atom. The number of ketones is 1. The van der Waals surface area contributed by atoms with Gasteiger partial charge in [-0.1, -0.05) is 0 Å². The second-order valence-corrected chi connectivity index (χ2v) is 1.84. The van der Waals surface area contributed by atoms with Crippen LogP contribution < -0.4 is 10.2 Å². The monoisotopic (exact) mass is 246 g/mol. The molecule has 0 aromatic carbocycles. The van der Waals surface area contributed by atoms with Crippen molar-refractivity contribution >= 4 is 61.4 Å². The van der Waals surface area contributed by atoms with Crippen LogP contribution in [0.25, 0.3) is 0 Å². The van der Waals surface area contributed by atoms with Gasteiger partial charge in [0.05, 0.1) is 0 Å². The minimum absolute atomic E-state index is 0. The molecule has 0 aliphatic heterocycles. The van der Waals surface area contributed by atoms with Gasteiger partial charge in [0, 0.05) is 18.9 Å². The Kier molecular flexibility index (Phi) is 25.1. The summed E-state index contributed by atoms with van der Waals surface area (Å²) in [4.78, 5) is 36.7.